The van der Waals surface area contributed by atoms with E-state index in [9.17, 15) is 5.11 Å². The lowest BCUT2D eigenvalue weighted by atomic mass is 10.1. The molecule has 4 heterocycles. The van der Waals surface area contributed by atoms with Gasteiger partial charge in [-0.05, 0) is 31.5 Å². The van der Waals surface area contributed by atoms with Gasteiger partial charge in [0.2, 0.25) is 0 Å². The number of hydrogen-bond donors (Lipinski definition) is 2. The first-order valence-electron chi connectivity index (χ1n) is 10.2. The zero-order valence-corrected chi connectivity index (χ0v) is 17.6. The van der Waals surface area contributed by atoms with Crippen LogP contribution in [0.25, 0.3) is 11.2 Å². The molecule has 0 radical (unpaired) electrons. The van der Waals surface area contributed by atoms with Gasteiger partial charge in [0.05, 0.1) is 20.0 Å². The van der Waals surface area contributed by atoms with Gasteiger partial charge in [0, 0.05) is 6.54 Å². The Morgan fingerprint density at radius 2 is 1.90 bits per heavy atom. The van der Waals surface area contributed by atoms with E-state index in [0.29, 0.717) is 23.5 Å². The number of aliphatic hydroxyl groups excluding tert-OH is 1. The van der Waals surface area contributed by atoms with E-state index in [0.717, 1.165) is 11.3 Å². The van der Waals surface area contributed by atoms with Gasteiger partial charge in [-0.25, -0.2) is 15.0 Å². The second-order valence-corrected chi connectivity index (χ2v) is 8.06. The highest BCUT2D eigenvalue weighted by Crippen LogP contribution is 2.43. The third-order valence-corrected chi connectivity index (χ3v) is 5.56. The number of aliphatic hydroxyl groups is 1. The molecule has 2 N–H and O–H groups in total. The maximum atomic E-state index is 9.74. The second-order valence-electron chi connectivity index (χ2n) is 8.06. The molecular formula is C21H25N5O5. The number of imidazole rings is 1. The number of ether oxygens (including phenoxy) is 4. The summed E-state index contributed by atoms with van der Waals surface area (Å²) in [5.74, 6) is 0.683. The van der Waals surface area contributed by atoms with E-state index >= 15 is 0 Å². The summed E-state index contributed by atoms with van der Waals surface area (Å²) in [6.45, 7) is 4.12. The van der Waals surface area contributed by atoms with E-state index in [1.165, 1.54) is 6.33 Å². The third kappa shape index (κ3) is 3.61. The summed E-state index contributed by atoms with van der Waals surface area (Å²) in [7, 11) is 1.64. The van der Waals surface area contributed by atoms with Crippen LogP contribution >= 0.6 is 0 Å². The van der Waals surface area contributed by atoms with Crippen molar-refractivity contribution < 1.29 is 24.1 Å². The number of anilines is 1. The van der Waals surface area contributed by atoms with E-state index in [4.69, 9.17) is 18.9 Å². The molecule has 164 valence electrons. The average Bonchev–Trinajstić information content (AvgIpc) is 3.43. The highest BCUT2D eigenvalue weighted by molar-refractivity contribution is 5.82. The summed E-state index contributed by atoms with van der Waals surface area (Å²) in [4.78, 5) is 13.3. The standard InChI is InChI=1S/C21H25N5O5/c1-21(2)30-16-14(9-27)29-20(17(16)31-21)26-11-25-15-18(23-10-24-19(15)26)22-8-12-4-6-13(28-3)7-5-12/h4-7,10-11,14,16-17,20,27H,8-9H2,1-3H3,(H,22,23,24)/t14-,16+,17?,20-/m1/s1. The minimum Gasteiger partial charge on any atom is -0.497 e. The number of nitrogens with one attached hydrogen (secondary N) is 1. The molecule has 1 unspecified atom stereocenters. The van der Waals surface area contributed by atoms with E-state index in [1.54, 1.807) is 13.4 Å². The maximum Gasteiger partial charge on any atom is 0.167 e. The number of methoxy groups -OCH3 is 1. The molecule has 4 atom stereocenters. The fourth-order valence-electron chi connectivity index (χ4n) is 4.13. The molecule has 31 heavy (non-hydrogen) atoms. The number of hydrogen-bond acceptors (Lipinski definition) is 9. The van der Waals surface area contributed by atoms with Crippen LogP contribution in [-0.2, 0) is 20.8 Å². The van der Waals surface area contributed by atoms with Gasteiger partial charge in [-0.15, -0.1) is 0 Å². The van der Waals surface area contributed by atoms with E-state index in [1.807, 2.05) is 42.7 Å². The molecule has 0 saturated carbocycles. The Morgan fingerprint density at radius 3 is 2.65 bits per heavy atom. The molecule has 0 aliphatic carbocycles. The molecule has 5 rings (SSSR count). The first-order valence-corrected chi connectivity index (χ1v) is 10.2. The van der Waals surface area contributed by atoms with Crippen molar-refractivity contribution in [3.05, 3.63) is 42.5 Å². The highest BCUT2D eigenvalue weighted by atomic mass is 16.8. The zero-order valence-electron chi connectivity index (χ0n) is 17.6. The Hall–Kier alpha value is -2.79. The molecule has 3 aromatic rings. The van der Waals surface area contributed by atoms with Crippen molar-refractivity contribution in [3.8, 4) is 5.75 Å². The van der Waals surface area contributed by atoms with Crippen molar-refractivity contribution in [3.63, 3.8) is 0 Å². The monoisotopic (exact) mass is 427 g/mol. The second kappa shape index (κ2) is 7.72. The number of benzene rings is 1. The van der Waals surface area contributed by atoms with Crippen LogP contribution in [0.4, 0.5) is 5.82 Å². The van der Waals surface area contributed by atoms with Crippen LogP contribution in [0.2, 0.25) is 0 Å². The molecule has 2 fully saturated rings. The molecule has 0 amide bonds. The van der Waals surface area contributed by atoms with Crippen molar-refractivity contribution in [1.82, 2.24) is 19.5 Å². The van der Waals surface area contributed by atoms with Crippen LogP contribution in [0.3, 0.4) is 0 Å². The Balaban J connectivity index is 1.40. The van der Waals surface area contributed by atoms with Gasteiger partial charge in [0.15, 0.2) is 29.0 Å². The molecule has 1 aromatic carbocycles. The number of aromatic nitrogens is 4. The first-order chi connectivity index (χ1) is 15.0. The lowest BCUT2D eigenvalue weighted by molar-refractivity contribution is -0.199. The first kappa shape index (κ1) is 20.1. The predicted molar refractivity (Wildman–Crippen MR) is 110 cm³/mol. The zero-order chi connectivity index (χ0) is 21.6. The van der Waals surface area contributed by atoms with Crippen molar-refractivity contribution in [2.75, 3.05) is 19.0 Å². The normalized spacial score (nSPS) is 26.8. The largest absolute Gasteiger partial charge is 0.497 e. The molecule has 2 saturated heterocycles. The fraction of sp³-hybridized carbons (Fsp3) is 0.476. The van der Waals surface area contributed by atoms with E-state index in [2.05, 4.69) is 20.3 Å². The molecule has 2 aliphatic heterocycles. The minimum atomic E-state index is -0.749. The Morgan fingerprint density at radius 1 is 1.13 bits per heavy atom. The molecule has 10 nitrogen and oxygen atoms in total. The van der Waals surface area contributed by atoms with Crippen LogP contribution in [0.5, 0.6) is 5.75 Å². The predicted octanol–water partition coefficient (Wildman–Crippen LogP) is 1.86. The van der Waals surface area contributed by atoms with E-state index < -0.39 is 18.1 Å². The molecule has 2 aliphatic rings. The van der Waals surface area contributed by atoms with Crippen LogP contribution < -0.4 is 10.1 Å². The van der Waals surface area contributed by atoms with Crippen molar-refractivity contribution in [2.45, 2.75) is 50.7 Å². The highest BCUT2D eigenvalue weighted by Gasteiger charge is 2.55. The number of nitrogens with zero attached hydrogens (tertiary/aromatic N) is 4. The van der Waals surface area contributed by atoms with Gasteiger partial charge >= 0.3 is 0 Å². The Kier molecular flexibility index (Phi) is 5.01. The number of rotatable bonds is 6. The Bertz CT molecular complexity index is 1070. The quantitative estimate of drug-likeness (QED) is 0.608. The smallest absolute Gasteiger partial charge is 0.167 e. The van der Waals surface area contributed by atoms with Crippen molar-refractivity contribution in [1.29, 1.82) is 0 Å². The summed E-state index contributed by atoms with van der Waals surface area (Å²) in [6, 6.07) is 7.81. The third-order valence-electron chi connectivity index (χ3n) is 5.56. The lowest BCUT2D eigenvalue weighted by Gasteiger charge is -2.24. The van der Waals surface area contributed by atoms with Gasteiger partial charge < -0.3 is 29.4 Å². The van der Waals surface area contributed by atoms with E-state index in [-0.39, 0.29) is 18.8 Å². The summed E-state index contributed by atoms with van der Waals surface area (Å²) in [5.41, 5.74) is 2.32. The fourth-order valence-corrected chi connectivity index (χ4v) is 4.13. The van der Waals surface area contributed by atoms with Gasteiger partial charge in [0.25, 0.3) is 0 Å². The van der Waals surface area contributed by atoms with Gasteiger partial charge in [-0.3, -0.25) is 4.57 Å². The molecule has 10 heteroatoms. The summed E-state index contributed by atoms with van der Waals surface area (Å²) in [5, 5.41) is 13.1. The molecule has 2 aromatic heterocycles. The van der Waals surface area contributed by atoms with Crippen LogP contribution in [0.1, 0.15) is 25.6 Å². The number of fused-ring (bicyclic) bond motifs is 2. The average molecular weight is 427 g/mol. The molecule has 0 bridgehead atoms. The topological polar surface area (TPSA) is 113 Å². The van der Waals surface area contributed by atoms with Gasteiger partial charge in [-0.2, -0.15) is 0 Å². The summed E-state index contributed by atoms with van der Waals surface area (Å²) < 4.78 is 25.1. The summed E-state index contributed by atoms with van der Waals surface area (Å²) in [6.07, 6.45) is 1.41. The molecular weight excluding hydrogens is 402 g/mol. The van der Waals surface area contributed by atoms with Crippen molar-refractivity contribution >= 4 is 17.0 Å². The van der Waals surface area contributed by atoms with Gasteiger partial charge in [-0.1, -0.05) is 12.1 Å². The van der Waals surface area contributed by atoms with Crippen LogP contribution in [0, 0.1) is 0 Å². The molecule has 0 spiro atoms. The van der Waals surface area contributed by atoms with Crippen LogP contribution in [-0.4, -0.2) is 62.4 Å². The van der Waals surface area contributed by atoms with Crippen LogP contribution in [0.15, 0.2) is 36.9 Å². The van der Waals surface area contributed by atoms with Gasteiger partial charge in [0.1, 0.15) is 30.4 Å². The maximum absolute atomic E-state index is 9.74. The minimum absolute atomic E-state index is 0.159. The Labute approximate surface area is 179 Å². The van der Waals surface area contributed by atoms with Crippen molar-refractivity contribution in [2.24, 2.45) is 0 Å². The lowest BCUT2D eigenvalue weighted by Crippen LogP contribution is -2.31. The summed E-state index contributed by atoms with van der Waals surface area (Å²) >= 11 is 0. The SMILES string of the molecule is COc1ccc(CNc2ncnc3c2ncn3[C@@H]2O[C@H](CO)[C@@H]3OC(C)(C)OC32)cc1.